The Hall–Kier alpha value is -2.73. The van der Waals surface area contributed by atoms with Crippen molar-refractivity contribution in [3.63, 3.8) is 0 Å². The van der Waals surface area contributed by atoms with Crippen LogP contribution in [0.2, 0.25) is 0 Å². The normalized spacial score (nSPS) is 10.9. The average Bonchev–Trinajstić information content (AvgIpc) is 3.06. The molecule has 0 atom stereocenters. The molecule has 0 spiro atoms. The summed E-state index contributed by atoms with van der Waals surface area (Å²) in [4.78, 5) is 13.4. The minimum absolute atomic E-state index is 0.618. The molecule has 4 rings (SSSR count). The fraction of sp³-hybridized carbons (Fsp3) is 0.105. The monoisotopic (exact) mass is 393 g/mol. The van der Waals surface area contributed by atoms with Crippen LogP contribution in [0.25, 0.3) is 16.9 Å². The van der Waals surface area contributed by atoms with Crippen molar-refractivity contribution in [3.05, 3.63) is 77.2 Å². The number of anilines is 1. The molecule has 0 bridgehead atoms. The summed E-state index contributed by atoms with van der Waals surface area (Å²) in [6, 6.07) is 18.3. The van der Waals surface area contributed by atoms with Crippen molar-refractivity contribution in [2.45, 2.75) is 6.42 Å². The predicted molar refractivity (Wildman–Crippen MR) is 103 cm³/mol. The number of fused-ring (bicyclic) bond motifs is 1. The zero-order chi connectivity index (χ0) is 17.1. The highest BCUT2D eigenvalue weighted by Crippen LogP contribution is 2.21. The predicted octanol–water partition coefficient (Wildman–Crippen LogP) is 4.23. The second kappa shape index (κ2) is 7.03. The molecule has 1 N–H and O–H groups in total. The van der Waals surface area contributed by atoms with E-state index < -0.39 is 0 Å². The summed E-state index contributed by atoms with van der Waals surface area (Å²) in [5.41, 5.74) is 3.22. The van der Waals surface area contributed by atoms with Gasteiger partial charge in [-0.3, -0.25) is 4.57 Å². The first kappa shape index (κ1) is 15.8. The van der Waals surface area contributed by atoms with Crippen LogP contribution >= 0.6 is 15.9 Å². The number of hydrogen-bond acceptors (Lipinski definition) is 4. The van der Waals surface area contributed by atoms with Gasteiger partial charge in [-0.2, -0.15) is 4.98 Å². The van der Waals surface area contributed by atoms with E-state index in [0.29, 0.717) is 5.95 Å². The highest BCUT2D eigenvalue weighted by Gasteiger charge is 2.07. The van der Waals surface area contributed by atoms with Gasteiger partial charge < -0.3 is 5.32 Å². The Kier molecular flexibility index (Phi) is 4.43. The van der Waals surface area contributed by atoms with E-state index in [1.807, 2.05) is 34.9 Å². The van der Waals surface area contributed by atoms with E-state index in [-0.39, 0.29) is 0 Å². The van der Waals surface area contributed by atoms with Crippen molar-refractivity contribution >= 4 is 32.9 Å². The van der Waals surface area contributed by atoms with Crippen LogP contribution in [-0.2, 0) is 6.42 Å². The maximum absolute atomic E-state index is 4.61. The number of nitrogens with zero attached hydrogens (tertiary/aromatic N) is 4. The van der Waals surface area contributed by atoms with E-state index in [1.165, 1.54) is 5.56 Å². The van der Waals surface area contributed by atoms with Crippen LogP contribution in [-0.4, -0.2) is 26.1 Å². The first-order valence-electron chi connectivity index (χ1n) is 8.03. The van der Waals surface area contributed by atoms with Crippen molar-refractivity contribution in [2.24, 2.45) is 0 Å². The number of imidazole rings is 1. The molecule has 0 aliphatic rings. The molecule has 0 fully saturated rings. The van der Waals surface area contributed by atoms with Gasteiger partial charge in [0.25, 0.3) is 0 Å². The lowest BCUT2D eigenvalue weighted by Gasteiger charge is -2.08. The zero-order valence-electron chi connectivity index (χ0n) is 13.4. The Morgan fingerprint density at radius 3 is 2.76 bits per heavy atom. The molecule has 124 valence electrons. The van der Waals surface area contributed by atoms with Gasteiger partial charge in [-0.1, -0.05) is 46.3 Å². The molecule has 4 aromatic rings. The van der Waals surface area contributed by atoms with E-state index in [1.54, 1.807) is 12.5 Å². The van der Waals surface area contributed by atoms with Crippen molar-refractivity contribution < 1.29 is 0 Å². The topological polar surface area (TPSA) is 55.6 Å². The number of halogens is 1. The van der Waals surface area contributed by atoms with Crippen LogP contribution in [0.15, 0.2) is 71.6 Å². The summed E-state index contributed by atoms with van der Waals surface area (Å²) in [5, 5.41) is 3.29. The minimum atomic E-state index is 0.618. The molecule has 0 amide bonds. The third-order valence-corrected chi connectivity index (χ3v) is 4.43. The summed E-state index contributed by atoms with van der Waals surface area (Å²) in [6.07, 6.45) is 4.47. The Labute approximate surface area is 153 Å². The number of benzene rings is 2. The molecular formula is C19H16BrN5. The zero-order valence-corrected chi connectivity index (χ0v) is 15.0. The van der Waals surface area contributed by atoms with Crippen molar-refractivity contribution in [3.8, 4) is 5.82 Å². The van der Waals surface area contributed by atoms with Crippen LogP contribution in [0.3, 0.4) is 0 Å². The van der Waals surface area contributed by atoms with Crippen LogP contribution in [0.4, 0.5) is 5.95 Å². The van der Waals surface area contributed by atoms with Crippen LogP contribution in [0.5, 0.6) is 0 Å². The maximum Gasteiger partial charge on any atom is 0.224 e. The summed E-state index contributed by atoms with van der Waals surface area (Å²) in [6.45, 7) is 0.783. The summed E-state index contributed by atoms with van der Waals surface area (Å²) in [7, 11) is 0. The quantitative estimate of drug-likeness (QED) is 0.551. The molecule has 5 nitrogen and oxygen atoms in total. The van der Waals surface area contributed by atoms with E-state index in [0.717, 1.165) is 34.3 Å². The van der Waals surface area contributed by atoms with Crippen LogP contribution in [0.1, 0.15) is 5.56 Å². The molecular weight excluding hydrogens is 378 g/mol. The lowest BCUT2D eigenvalue weighted by Crippen LogP contribution is -2.09. The van der Waals surface area contributed by atoms with Gasteiger partial charge in [0.2, 0.25) is 5.95 Å². The third-order valence-electron chi connectivity index (χ3n) is 3.94. The molecule has 0 saturated carbocycles. The first-order chi connectivity index (χ1) is 12.3. The van der Waals surface area contributed by atoms with Gasteiger partial charge in [0.05, 0.1) is 11.0 Å². The van der Waals surface area contributed by atoms with Gasteiger partial charge in [-0.15, -0.1) is 0 Å². The van der Waals surface area contributed by atoms with Gasteiger partial charge >= 0.3 is 0 Å². The third kappa shape index (κ3) is 3.53. The lowest BCUT2D eigenvalue weighted by molar-refractivity contribution is 0.953. The molecule has 2 aromatic heterocycles. The first-order valence-corrected chi connectivity index (χ1v) is 8.83. The van der Waals surface area contributed by atoms with E-state index >= 15 is 0 Å². The molecule has 2 aromatic carbocycles. The number of rotatable bonds is 5. The van der Waals surface area contributed by atoms with Crippen molar-refractivity contribution in [1.82, 2.24) is 19.5 Å². The molecule has 25 heavy (non-hydrogen) atoms. The largest absolute Gasteiger partial charge is 0.354 e. The second-order valence-electron chi connectivity index (χ2n) is 5.65. The maximum atomic E-state index is 4.61. The van der Waals surface area contributed by atoms with E-state index in [4.69, 9.17) is 0 Å². The van der Waals surface area contributed by atoms with Gasteiger partial charge in [-0.25, -0.2) is 9.97 Å². The number of nitrogens with one attached hydrogen (secondary N) is 1. The van der Waals surface area contributed by atoms with Crippen molar-refractivity contribution in [2.75, 3.05) is 11.9 Å². The fourth-order valence-corrected chi connectivity index (χ4v) is 3.05. The van der Waals surface area contributed by atoms with Crippen molar-refractivity contribution in [1.29, 1.82) is 0 Å². The molecule has 2 heterocycles. The Balaban J connectivity index is 1.52. The van der Waals surface area contributed by atoms with Gasteiger partial charge in [0.1, 0.15) is 12.1 Å². The summed E-state index contributed by atoms with van der Waals surface area (Å²) in [5.74, 6) is 1.41. The standard InChI is InChI=1S/C19H16BrN5/c20-15-6-7-17-16(12-15)23-13-25(17)18-9-11-22-19(24-18)21-10-8-14-4-2-1-3-5-14/h1-7,9,11-13H,8,10H2,(H,21,22,24). The Bertz CT molecular complexity index is 997. The Morgan fingerprint density at radius 1 is 1.00 bits per heavy atom. The molecule has 0 saturated heterocycles. The fourth-order valence-electron chi connectivity index (χ4n) is 2.70. The Morgan fingerprint density at radius 2 is 1.88 bits per heavy atom. The van der Waals surface area contributed by atoms with E-state index in [9.17, 15) is 0 Å². The SMILES string of the molecule is Brc1ccc2c(c1)ncn2-c1ccnc(NCCc2ccccc2)n1. The summed E-state index contributed by atoms with van der Waals surface area (Å²) >= 11 is 3.47. The molecule has 0 aliphatic heterocycles. The number of aromatic nitrogens is 4. The van der Waals surface area contributed by atoms with Gasteiger partial charge in [0.15, 0.2) is 0 Å². The molecule has 0 unspecified atom stereocenters. The average molecular weight is 394 g/mol. The molecule has 0 aliphatic carbocycles. The van der Waals surface area contributed by atoms with Gasteiger partial charge in [-0.05, 0) is 36.2 Å². The highest BCUT2D eigenvalue weighted by molar-refractivity contribution is 9.10. The lowest BCUT2D eigenvalue weighted by atomic mass is 10.1. The molecule has 0 radical (unpaired) electrons. The molecule has 6 heteroatoms. The minimum Gasteiger partial charge on any atom is -0.354 e. The van der Waals surface area contributed by atoms with E-state index in [2.05, 4.69) is 60.5 Å². The number of hydrogen-bond donors (Lipinski definition) is 1. The van der Waals surface area contributed by atoms with Crippen LogP contribution < -0.4 is 5.32 Å². The van der Waals surface area contributed by atoms with Crippen LogP contribution in [0, 0.1) is 0 Å². The smallest absolute Gasteiger partial charge is 0.224 e. The highest BCUT2D eigenvalue weighted by atomic mass is 79.9. The van der Waals surface area contributed by atoms with Gasteiger partial charge in [0, 0.05) is 17.2 Å². The summed E-state index contributed by atoms with van der Waals surface area (Å²) < 4.78 is 2.97. The second-order valence-corrected chi connectivity index (χ2v) is 6.56.